The largest absolute Gasteiger partial charge is 0.379 e. The maximum atomic E-state index is 6.04. The summed E-state index contributed by atoms with van der Waals surface area (Å²) >= 11 is 0. The molecule has 0 spiro atoms. The van der Waals surface area contributed by atoms with Gasteiger partial charge in [-0.1, -0.05) is 43.7 Å². The summed E-state index contributed by atoms with van der Waals surface area (Å²) in [4.78, 5) is 7.05. The Balaban J connectivity index is 2.02. The van der Waals surface area contributed by atoms with Crippen molar-refractivity contribution in [2.45, 2.75) is 33.2 Å². The molecule has 134 valence electrons. The number of aliphatic imine (C=N–C) groups is 1. The maximum absolute atomic E-state index is 6.04. The van der Waals surface area contributed by atoms with Gasteiger partial charge in [-0.25, -0.2) is 0 Å². The van der Waals surface area contributed by atoms with E-state index in [0.29, 0.717) is 18.4 Å². The fourth-order valence-electron chi connectivity index (χ4n) is 2.93. The van der Waals surface area contributed by atoms with Crippen molar-refractivity contribution in [2.75, 3.05) is 39.4 Å². The van der Waals surface area contributed by atoms with Gasteiger partial charge in [0.1, 0.15) is 0 Å². The molecule has 24 heavy (non-hydrogen) atoms. The van der Waals surface area contributed by atoms with E-state index >= 15 is 0 Å². The van der Waals surface area contributed by atoms with E-state index in [1.54, 1.807) is 0 Å². The molecular weight excluding hydrogens is 300 g/mol. The fourth-order valence-corrected chi connectivity index (χ4v) is 2.93. The fraction of sp³-hybridized carbons (Fsp3) is 0.632. The molecule has 1 saturated heterocycles. The van der Waals surface area contributed by atoms with Crippen LogP contribution in [0.15, 0.2) is 29.3 Å². The number of nitrogens with zero attached hydrogens (tertiary/aromatic N) is 2. The lowest BCUT2D eigenvalue weighted by atomic mass is 10.0. The predicted octanol–water partition coefficient (Wildman–Crippen LogP) is 2.32. The number of benzene rings is 1. The lowest BCUT2D eigenvalue weighted by molar-refractivity contribution is 0.0180. The van der Waals surface area contributed by atoms with E-state index in [0.717, 1.165) is 39.3 Å². The molecule has 1 aliphatic heterocycles. The zero-order chi connectivity index (χ0) is 17.4. The van der Waals surface area contributed by atoms with Gasteiger partial charge in [0.15, 0.2) is 5.96 Å². The van der Waals surface area contributed by atoms with Crippen LogP contribution in [0.4, 0.5) is 0 Å². The van der Waals surface area contributed by atoms with Crippen LogP contribution in [0.1, 0.15) is 37.4 Å². The van der Waals surface area contributed by atoms with Crippen LogP contribution in [0.25, 0.3) is 0 Å². The minimum atomic E-state index is 0.249. The van der Waals surface area contributed by atoms with E-state index in [-0.39, 0.29) is 6.04 Å². The molecule has 5 heteroatoms. The summed E-state index contributed by atoms with van der Waals surface area (Å²) in [5, 5.41) is 3.22. The van der Waals surface area contributed by atoms with E-state index in [2.05, 4.69) is 60.2 Å². The summed E-state index contributed by atoms with van der Waals surface area (Å²) in [5.41, 5.74) is 8.62. The number of hydrogen-bond acceptors (Lipinski definition) is 3. The third kappa shape index (κ3) is 6.13. The molecule has 0 aliphatic carbocycles. The van der Waals surface area contributed by atoms with Crippen LogP contribution < -0.4 is 11.1 Å². The smallest absolute Gasteiger partial charge is 0.188 e. The first kappa shape index (κ1) is 18.7. The molecule has 2 rings (SSSR count). The van der Waals surface area contributed by atoms with Gasteiger partial charge in [-0.15, -0.1) is 0 Å². The third-order valence-corrected chi connectivity index (χ3v) is 4.38. The van der Waals surface area contributed by atoms with Gasteiger partial charge in [0.05, 0.1) is 25.8 Å². The average molecular weight is 332 g/mol. The zero-order valence-electron chi connectivity index (χ0n) is 15.3. The normalized spacial score (nSPS) is 17.9. The van der Waals surface area contributed by atoms with Crippen molar-refractivity contribution in [1.82, 2.24) is 10.2 Å². The van der Waals surface area contributed by atoms with Gasteiger partial charge in [-0.3, -0.25) is 9.89 Å². The Morgan fingerprint density at radius 3 is 2.75 bits per heavy atom. The molecule has 1 aliphatic rings. The summed E-state index contributed by atoms with van der Waals surface area (Å²) in [6.45, 7) is 11.5. The minimum absolute atomic E-state index is 0.249. The van der Waals surface area contributed by atoms with Crippen molar-refractivity contribution in [3.8, 4) is 0 Å². The van der Waals surface area contributed by atoms with Gasteiger partial charge < -0.3 is 15.8 Å². The molecule has 0 aromatic heterocycles. The Bertz CT molecular complexity index is 524. The molecule has 0 amide bonds. The van der Waals surface area contributed by atoms with Gasteiger partial charge in [-0.2, -0.15) is 0 Å². The van der Waals surface area contributed by atoms with Crippen molar-refractivity contribution >= 4 is 5.96 Å². The van der Waals surface area contributed by atoms with Crippen LogP contribution in [0.2, 0.25) is 0 Å². The first-order valence-electron chi connectivity index (χ1n) is 8.98. The SMILES string of the molecule is Cc1cccc(C(CN=C(N)NCCC(C)C)N2CCOCC2)c1. The zero-order valence-corrected chi connectivity index (χ0v) is 15.3. The number of rotatable bonds is 7. The number of hydrogen-bond donors (Lipinski definition) is 2. The summed E-state index contributed by atoms with van der Waals surface area (Å²) in [6.07, 6.45) is 1.10. The maximum Gasteiger partial charge on any atom is 0.188 e. The Morgan fingerprint density at radius 1 is 1.33 bits per heavy atom. The predicted molar refractivity (Wildman–Crippen MR) is 100 cm³/mol. The lowest BCUT2D eigenvalue weighted by Gasteiger charge is -2.34. The highest BCUT2D eigenvalue weighted by atomic mass is 16.5. The van der Waals surface area contributed by atoms with Crippen LogP contribution in [0.5, 0.6) is 0 Å². The Labute approximate surface area is 146 Å². The first-order valence-corrected chi connectivity index (χ1v) is 8.98. The lowest BCUT2D eigenvalue weighted by Crippen LogP contribution is -2.41. The van der Waals surface area contributed by atoms with Crippen molar-refractivity contribution in [3.05, 3.63) is 35.4 Å². The highest BCUT2D eigenvalue weighted by Crippen LogP contribution is 2.23. The molecule has 0 bridgehead atoms. The second kappa shape index (κ2) is 9.64. The van der Waals surface area contributed by atoms with Crippen LogP contribution >= 0.6 is 0 Å². The molecule has 1 aromatic rings. The van der Waals surface area contributed by atoms with Gasteiger partial charge in [0.25, 0.3) is 0 Å². The van der Waals surface area contributed by atoms with Gasteiger partial charge in [0, 0.05) is 19.6 Å². The number of aryl methyl sites for hydroxylation is 1. The molecule has 5 nitrogen and oxygen atoms in total. The molecule has 1 heterocycles. The summed E-state index contributed by atoms with van der Waals surface area (Å²) in [6, 6.07) is 8.93. The Morgan fingerprint density at radius 2 is 2.08 bits per heavy atom. The molecule has 0 radical (unpaired) electrons. The Kier molecular flexibility index (Phi) is 7.53. The topological polar surface area (TPSA) is 62.9 Å². The van der Waals surface area contributed by atoms with Crippen molar-refractivity contribution in [1.29, 1.82) is 0 Å². The summed E-state index contributed by atoms with van der Waals surface area (Å²) in [5.74, 6) is 1.21. The number of guanidine groups is 1. The second-order valence-corrected chi connectivity index (χ2v) is 6.91. The van der Waals surface area contributed by atoms with Crippen LogP contribution in [0.3, 0.4) is 0 Å². The molecule has 1 unspecified atom stereocenters. The summed E-state index contributed by atoms with van der Waals surface area (Å²) in [7, 11) is 0. The highest BCUT2D eigenvalue weighted by molar-refractivity contribution is 5.77. The molecule has 3 N–H and O–H groups in total. The third-order valence-electron chi connectivity index (χ3n) is 4.38. The number of morpholine rings is 1. The van der Waals surface area contributed by atoms with Crippen molar-refractivity contribution in [2.24, 2.45) is 16.6 Å². The molecular formula is C19H32N4O. The number of nitrogens with two attached hydrogens (primary N) is 1. The van der Waals surface area contributed by atoms with E-state index in [9.17, 15) is 0 Å². The van der Waals surface area contributed by atoms with Crippen LogP contribution in [-0.2, 0) is 4.74 Å². The monoisotopic (exact) mass is 332 g/mol. The average Bonchev–Trinajstić information content (AvgIpc) is 2.56. The molecule has 1 atom stereocenters. The van der Waals surface area contributed by atoms with Crippen LogP contribution in [-0.4, -0.2) is 50.3 Å². The highest BCUT2D eigenvalue weighted by Gasteiger charge is 2.22. The van der Waals surface area contributed by atoms with Gasteiger partial charge >= 0.3 is 0 Å². The van der Waals surface area contributed by atoms with E-state index in [1.165, 1.54) is 11.1 Å². The van der Waals surface area contributed by atoms with Crippen molar-refractivity contribution in [3.63, 3.8) is 0 Å². The minimum Gasteiger partial charge on any atom is -0.379 e. The second-order valence-electron chi connectivity index (χ2n) is 6.91. The van der Waals surface area contributed by atoms with E-state index in [4.69, 9.17) is 10.5 Å². The quantitative estimate of drug-likeness (QED) is 0.594. The standard InChI is InChI=1S/C19H32N4O/c1-15(2)7-8-21-19(20)22-14-18(23-9-11-24-12-10-23)17-6-4-5-16(3)13-17/h4-6,13,15,18H,7-12,14H2,1-3H3,(H3,20,21,22). The van der Waals surface area contributed by atoms with E-state index < -0.39 is 0 Å². The van der Waals surface area contributed by atoms with Crippen LogP contribution in [0, 0.1) is 12.8 Å². The van der Waals surface area contributed by atoms with Crippen molar-refractivity contribution < 1.29 is 4.74 Å². The Hall–Kier alpha value is -1.59. The summed E-state index contributed by atoms with van der Waals surface area (Å²) < 4.78 is 5.50. The first-order chi connectivity index (χ1) is 11.6. The molecule has 1 fully saturated rings. The van der Waals surface area contributed by atoms with Gasteiger partial charge in [0.2, 0.25) is 0 Å². The number of nitrogens with one attached hydrogen (secondary N) is 1. The van der Waals surface area contributed by atoms with E-state index in [1.807, 2.05) is 0 Å². The molecule has 0 saturated carbocycles. The van der Waals surface area contributed by atoms with Gasteiger partial charge in [-0.05, 0) is 24.8 Å². The number of ether oxygens (including phenoxy) is 1. The molecule has 1 aromatic carbocycles.